The van der Waals surface area contributed by atoms with Crippen LogP contribution in [0.2, 0.25) is 0 Å². The van der Waals surface area contributed by atoms with E-state index in [1.807, 2.05) is 58.0 Å². The molecule has 0 saturated carbocycles. The summed E-state index contributed by atoms with van der Waals surface area (Å²) in [4.78, 5) is 27.5. The summed E-state index contributed by atoms with van der Waals surface area (Å²) in [6, 6.07) is 7.89. The first-order valence-corrected chi connectivity index (χ1v) is 8.51. The molecule has 0 radical (unpaired) electrons. The van der Waals surface area contributed by atoms with Gasteiger partial charge in [-0.1, -0.05) is 29.8 Å². The molecule has 0 atom stereocenters. The van der Waals surface area contributed by atoms with Gasteiger partial charge in [-0.05, 0) is 39.3 Å². The van der Waals surface area contributed by atoms with E-state index >= 15 is 0 Å². The summed E-state index contributed by atoms with van der Waals surface area (Å²) in [6.45, 7) is 9.49. The third kappa shape index (κ3) is 6.14. The third-order valence-corrected chi connectivity index (χ3v) is 3.78. The molecule has 6 nitrogen and oxygen atoms in total. The Bertz CT molecular complexity index is 624. The fraction of sp³-hybridized carbons (Fsp3) is 0.474. The van der Waals surface area contributed by atoms with Gasteiger partial charge < -0.3 is 19.9 Å². The largest absolute Gasteiger partial charge is 0.444 e. The highest BCUT2D eigenvalue weighted by atomic mass is 16.6. The van der Waals surface area contributed by atoms with E-state index in [4.69, 9.17) is 4.74 Å². The second kappa shape index (κ2) is 8.05. The summed E-state index contributed by atoms with van der Waals surface area (Å²) in [5.74, 6) is 0. The van der Waals surface area contributed by atoms with Gasteiger partial charge in [0.05, 0.1) is 0 Å². The van der Waals surface area contributed by atoms with E-state index in [1.54, 1.807) is 16.0 Å². The Labute approximate surface area is 149 Å². The molecular formula is C19H27N3O3. The summed E-state index contributed by atoms with van der Waals surface area (Å²) < 4.78 is 5.35. The Morgan fingerprint density at radius 3 is 2.16 bits per heavy atom. The van der Waals surface area contributed by atoms with Gasteiger partial charge in [-0.25, -0.2) is 9.59 Å². The number of hydrogen-bond acceptors (Lipinski definition) is 3. The maximum absolute atomic E-state index is 12.2. The molecule has 0 spiro atoms. The summed E-state index contributed by atoms with van der Waals surface area (Å²) in [7, 11) is 0. The molecule has 0 unspecified atom stereocenters. The van der Waals surface area contributed by atoms with E-state index in [-0.39, 0.29) is 12.1 Å². The quantitative estimate of drug-likeness (QED) is 0.895. The predicted molar refractivity (Wildman–Crippen MR) is 98.1 cm³/mol. The Morgan fingerprint density at radius 2 is 1.60 bits per heavy atom. The van der Waals surface area contributed by atoms with Crippen LogP contribution in [0.5, 0.6) is 0 Å². The van der Waals surface area contributed by atoms with Gasteiger partial charge in [0.25, 0.3) is 0 Å². The molecule has 1 heterocycles. The highest BCUT2D eigenvalue weighted by molar-refractivity contribution is 5.76. The van der Waals surface area contributed by atoms with Gasteiger partial charge >= 0.3 is 12.1 Å². The summed E-state index contributed by atoms with van der Waals surface area (Å²) in [5.41, 5.74) is 1.72. The van der Waals surface area contributed by atoms with Crippen LogP contribution in [0.4, 0.5) is 9.59 Å². The second-order valence-corrected chi connectivity index (χ2v) is 7.15. The molecule has 0 aliphatic carbocycles. The smallest absolute Gasteiger partial charge is 0.410 e. The number of rotatable bonds is 2. The molecule has 25 heavy (non-hydrogen) atoms. The molecule has 1 aromatic carbocycles. The van der Waals surface area contributed by atoms with Gasteiger partial charge in [-0.3, -0.25) is 0 Å². The number of benzene rings is 1. The fourth-order valence-corrected chi connectivity index (χ4v) is 2.40. The normalized spacial score (nSPS) is 15.4. The second-order valence-electron chi connectivity index (χ2n) is 7.15. The van der Waals surface area contributed by atoms with Gasteiger partial charge in [-0.2, -0.15) is 0 Å². The first-order valence-electron chi connectivity index (χ1n) is 8.51. The molecule has 2 rings (SSSR count). The zero-order valence-electron chi connectivity index (χ0n) is 15.4. The van der Waals surface area contributed by atoms with Crippen molar-refractivity contribution in [2.75, 3.05) is 26.2 Å². The molecule has 1 fully saturated rings. The number of urea groups is 1. The van der Waals surface area contributed by atoms with Crippen LogP contribution in [-0.4, -0.2) is 53.7 Å². The van der Waals surface area contributed by atoms with Gasteiger partial charge in [0.1, 0.15) is 5.60 Å². The van der Waals surface area contributed by atoms with Crippen LogP contribution >= 0.6 is 0 Å². The molecule has 1 aliphatic heterocycles. The summed E-state index contributed by atoms with van der Waals surface area (Å²) in [5, 5.41) is 2.77. The number of nitrogens with one attached hydrogen (secondary N) is 1. The first-order chi connectivity index (χ1) is 11.7. The Morgan fingerprint density at radius 1 is 1.04 bits per heavy atom. The minimum atomic E-state index is -0.508. The Balaban J connectivity index is 1.77. The first kappa shape index (κ1) is 18.8. The number of ether oxygens (including phenoxy) is 1. The Kier molecular flexibility index (Phi) is 6.07. The minimum absolute atomic E-state index is 0.160. The van der Waals surface area contributed by atoms with Crippen molar-refractivity contribution in [2.45, 2.75) is 33.3 Å². The number of nitrogens with zero attached hydrogens (tertiary/aromatic N) is 2. The number of amides is 3. The zero-order valence-corrected chi connectivity index (χ0v) is 15.4. The number of aryl methyl sites for hydroxylation is 1. The summed E-state index contributed by atoms with van der Waals surface area (Å²) >= 11 is 0. The van der Waals surface area contributed by atoms with Crippen molar-refractivity contribution in [3.8, 4) is 0 Å². The number of piperazine rings is 1. The van der Waals surface area contributed by atoms with E-state index < -0.39 is 5.60 Å². The SMILES string of the molecule is Cc1ccc(/C=C/NC(=O)N2CCN(C(=O)OC(C)(C)C)CC2)cc1. The standard InChI is InChI=1S/C19H27N3O3/c1-15-5-7-16(8-6-15)9-10-20-17(23)21-11-13-22(14-12-21)18(24)25-19(2,3)4/h5-10H,11-14H2,1-4H3,(H,20,23)/b10-9+. The van der Waals surface area contributed by atoms with Crippen LogP contribution in [0, 0.1) is 6.92 Å². The molecular weight excluding hydrogens is 318 g/mol. The van der Waals surface area contributed by atoms with Crippen molar-refractivity contribution in [1.82, 2.24) is 15.1 Å². The molecule has 0 aromatic heterocycles. The van der Waals surface area contributed by atoms with Crippen molar-refractivity contribution in [2.24, 2.45) is 0 Å². The number of carbonyl (C=O) groups excluding carboxylic acids is 2. The lowest BCUT2D eigenvalue weighted by atomic mass is 10.1. The van der Waals surface area contributed by atoms with Crippen LogP contribution in [0.1, 0.15) is 31.9 Å². The third-order valence-electron chi connectivity index (χ3n) is 3.78. The van der Waals surface area contributed by atoms with Crippen LogP contribution < -0.4 is 5.32 Å². The van der Waals surface area contributed by atoms with Crippen molar-refractivity contribution in [3.05, 3.63) is 41.6 Å². The monoisotopic (exact) mass is 345 g/mol. The molecule has 0 bridgehead atoms. The van der Waals surface area contributed by atoms with Crippen molar-refractivity contribution in [1.29, 1.82) is 0 Å². The van der Waals surface area contributed by atoms with Crippen LogP contribution in [0.3, 0.4) is 0 Å². The van der Waals surface area contributed by atoms with E-state index in [9.17, 15) is 9.59 Å². The molecule has 1 aromatic rings. The number of carbonyl (C=O) groups is 2. The maximum atomic E-state index is 12.2. The molecule has 3 amide bonds. The van der Waals surface area contributed by atoms with E-state index in [0.29, 0.717) is 26.2 Å². The van der Waals surface area contributed by atoms with Gasteiger partial charge in [0.15, 0.2) is 0 Å². The average Bonchev–Trinajstić information content (AvgIpc) is 2.55. The van der Waals surface area contributed by atoms with E-state index in [1.165, 1.54) is 5.56 Å². The molecule has 136 valence electrons. The van der Waals surface area contributed by atoms with E-state index in [2.05, 4.69) is 5.32 Å². The summed E-state index contributed by atoms with van der Waals surface area (Å²) in [6.07, 6.45) is 3.17. The van der Waals surface area contributed by atoms with E-state index in [0.717, 1.165) is 5.56 Å². The average molecular weight is 345 g/mol. The fourth-order valence-electron chi connectivity index (χ4n) is 2.40. The highest BCUT2D eigenvalue weighted by Gasteiger charge is 2.27. The molecule has 1 aliphatic rings. The number of hydrogen-bond donors (Lipinski definition) is 1. The minimum Gasteiger partial charge on any atom is -0.444 e. The van der Waals surface area contributed by atoms with Crippen LogP contribution in [0.25, 0.3) is 6.08 Å². The van der Waals surface area contributed by atoms with Crippen molar-refractivity contribution >= 4 is 18.2 Å². The predicted octanol–water partition coefficient (Wildman–Crippen LogP) is 3.23. The zero-order chi connectivity index (χ0) is 18.4. The van der Waals surface area contributed by atoms with Crippen LogP contribution in [0.15, 0.2) is 30.5 Å². The molecule has 1 saturated heterocycles. The van der Waals surface area contributed by atoms with Gasteiger partial charge in [0.2, 0.25) is 0 Å². The van der Waals surface area contributed by atoms with Gasteiger partial charge in [-0.15, -0.1) is 0 Å². The van der Waals surface area contributed by atoms with Crippen molar-refractivity contribution < 1.29 is 14.3 Å². The molecule has 1 N–H and O–H groups in total. The van der Waals surface area contributed by atoms with Crippen LogP contribution in [-0.2, 0) is 4.74 Å². The lowest BCUT2D eigenvalue weighted by Gasteiger charge is -2.35. The highest BCUT2D eigenvalue weighted by Crippen LogP contribution is 2.12. The lowest BCUT2D eigenvalue weighted by molar-refractivity contribution is 0.0171. The van der Waals surface area contributed by atoms with Crippen molar-refractivity contribution in [3.63, 3.8) is 0 Å². The topological polar surface area (TPSA) is 61.9 Å². The lowest BCUT2D eigenvalue weighted by Crippen LogP contribution is -2.53. The Hall–Kier alpha value is -2.50. The van der Waals surface area contributed by atoms with Gasteiger partial charge in [0, 0.05) is 32.4 Å². The molecule has 6 heteroatoms. The maximum Gasteiger partial charge on any atom is 0.410 e.